The lowest BCUT2D eigenvalue weighted by Crippen LogP contribution is -2.30. The van der Waals surface area contributed by atoms with Crippen molar-refractivity contribution in [2.24, 2.45) is 0 Å². The van der Waals surface area contributed by atoms with Crippen molar-refractivity contribution in [2.45, 2.75) is 31.2 Å². The molecule has 0 radical (unpaired) electrons. The van der Waals surface area contributed by atoms with Crippen molar-refractivity contribution in [1.82, 2.24) is 15.0 Å². The lowest BCUT2D eigenvalue weighted by atomic mass is 10.2. The van der Waals surface area contributed by atoms with E-state index in [9.17, 15) is 4.79 Å². The van der Waals surface area contributed by atoms with Crippen LogP contribution < -0.4 is 4.74 Å². The summed E-state index contributed by atoms with van der Waals surface area (Å²) in [5, 5.41) is 4.69. The number of rotatable bonds is 8. The number of aryl methyl sites for hydroxylation is 1. The summed E-state index contributed by atoms with van der Waals surface area (Å²) in [6.45, 7) is 4.96. The maximum Gasteiger partial charge on any atom is 0.256 e. The van der Waals surface area contributed by atoms with Gasteiger partial charge in [-0.15, -0.1) is 0 Å². The molecule has 0 unspecified atom stereocenters. The fourth-order valence-corrected chi connectivity index (χ4v) is 3.61. The lowest BCUT2D eigenvalue weighted by molar-refractivity contribution is 0.0748. The van der Waals surface area contributed by atoms with E-state index < -0.39 is 0 Å². The molecule has 0 fully saturated rings. The molecule has 0 N–H and O–H groups in total. The Bertz CT molecular complexity index is 925. The second-order valence-electron chi connectivity index (χ2n) is 6.24. The van der Waals surface area contributed by atoms with Gasteiger partial charge in [-0.3, -0.25) is 4.79 Å². The summed E-state index contributed by atoms with van der Waals surface area (Å²) in [4.78, 5) is 19.4. The summed E-state index contributed by atoms with van der Waals surface area (Å²) in [6.07, 6.45) is 1.70. The van der Waals surface area contributed by atoms with E-state index in [0.717, 1.165) is 22.8 Å². The van der Waals surface area contributed by atoms with Gasteiger partial charge in [-0.25, -0.2) is 4.98 Å². The molecule has 2 aromatic heterocycles. The quantitative estimate of drug-likeness (QED) is 0.527. The summed E-state index contributed by atoms with van der Waals surface area (Å²) in [5.41, 5.74) is 2.48. The van der Waals surface area contributed by atoms with Crippen LogP contribution in [0, 0.1) is 6.92 Å². The second-order valence-corrected chi connectivity index (χ2v) is 7.21. The third kappa shape index (κ3) is 4.92. The Balaban J connectivity index is 1.73. The highest BCUT2D eigenvalue weighted by atomic mass is 32.2. The molecule has 0 saturated heterocycles. The van der Waals surface area contributed by atoms with Gasteiger partial charge in [-0.05, 0) is 43.7 Å². The van der Waals surface area contributed by atoms with Gasteiger partial charge in [0.25, 0.3) is 5.91 Å². The van der Waals surface area contributed by atoms with Gasteiger partial charge in [0.15, 0.2) is 0 Å². The molecule has 146 valence electrons. The zero-order valence-electron chi connectivity index (χ0n) is 16.2. The molecule has 0 aliphatic heterocycles. The summed E-state index contributed by atoms with van der Waals surface area (Å²) in [5.74, 6) is 2.13. The van der Waals surface area contributed by atoms with E-state index in [1.807, 2.05) is 55.1 Å². The van der Waals surface area contributed by atoms with E-state index in [1.165, 1.54) is 11.8 Å². The molecule has 0 bridgehead atoms. The number of carbonyl (C=O) groups is 1. The van der Waals surface area contributed by atoms with Crippen LogP contribution in [-0.2, 0) is 12.3 Å². The first-order valence-electron chi connectivity index (χ1n) is 9.03. The molecule has 0 spiro atoms. The largest absolute Gasteiger partial charge is 0.497 e. The van der Waals surface area contributed by atoms with Crippen molar-refractivity contribution in [3.8, 4) is 5.75 Å². The van der Waals surface area contributed by atoms with Crippen LogP contribution in [0.4, 0.5) is 0 Å². The van der Waals surface area contributed by atoms with E-state index in [-0.39, 0.29) is 5.91 Å². The molecule has 0 aliphatic carbocycles. The third-order valence-electron chi connectivity index (χ3n) is 4.24. The predicted molar refractivity (Wildman–Crippen MR) is 108 cm³/mol. The zero-order valence-corrected chi connectivity index (χ0v) is 17.0. The number of ether oxygens (including phenoxy) is 1. The summed E-state index contributed by atoms with van der Waals surface area (Å²) >= 11 is 1.48. The van der Waals surface area contributed by atoms with E-state index in [2.05, 4.69) is 10.1 Å². The van der Waals surface area contributed by atoms with Crippen molar-refractivity contribution in [2.75, 3.05) is 13.7 Å². The molecule has 3 rings (SSSR count). The van der Waals surface area contributed by atoms with Crippen LogP contribution in [0.3, 0.4) is 0 Å². The van der Waals surface area contributed by atoms with Crippen molar-refractivity contribution >= 4 is 17.7 Å². The first kappa shape index (κ1) is 19.9. The number of benzene rings is 1. The van der Waals surface area contributed by atoms with E-state index >= 15 is 0 Å². The minimum atomic E-state index is -0.0368. The first-order chi connectivity index (χ1) is 13.6. The lowest BCUT2D eigenvalue weighted by Gasteiger charge is -2.22. The highest BCUT2D eigenvalue weighted by Gasteiger charge is 2.19. The molecule has 1 aromatic carbocycles. The van der Waals surface area contributed by atoms with Crippen molar-refractivity contribution in [1.29, 1.82) is 0 Å². The maximum atomic E-state index is 13.2. The van der Waals surface area contributed by atoms with Crippen LogP contribution in [-0.4, -0.2) is 34.6 Å². The standard InChI is InChI=1S/C21H23N3O3S/c1-4-24(13-16-7-9-18(26-3)10-8-16)21(25)19-6-5-11-22-20(19)28-14-17-12-15(2)27-23-17/h5-12H,4,13-14H2,1-3H3. The summed E-state index contributed by atoms with van der Waals surface area (Å²) in [7, 11) is 1.64. The van der Waals surface area contributed by atoms with E-state index in [1.54, 1.807) is 19.4 Å². The van der Waals surface area contributed by atoms with Crippen LogP contribution in [0.5, 0.6) is 5.75 Å². The van der Waals surface area contributed by atoms with Crippen molar-refractivity contribution in [3.05, 3.63) is 71.2 Å². The number of thioether (sulfide) groups is 1. The van der Waals surface area contributed by atoms with Gasteiger partial charge < -0.3 is 14.2 Å². The number of carbonyl (C=O) groups excluding carboxylic acids is 1. The van der Waals surface area contributed by atoms with E-state index in [4.69, 9.17) is 9.26 Å². The van der Waals surface area contributed by atoms with Crippen LogP contribution in [0.2, 0.25) is 0 Å². The average molecular weight is 398 g/mol. The monoisotopic (exact) mass is 397 g/mol. The van der Waals surface area contributed by atoms with Crippen LogP contribution in [0.25, 0.3) is 0 Å². The minimum absolute atomic E-state index is 0.0368. The predicted octanol–water partition coefficient (Wildman–Crippen LogP) is 4.34. The molecule has 7 heteroatoms. The van der Waals surface area contributed by atoms with Crippen LogP contribution >= 0.6 is 11.8 Å². The number of amides is 1. The van der Waals surface area contributed by atoms with Gasteiger partial charge in [0.05, 0.1) is 18.4 Å². The molecule has 3 aromatic rings. The Morgan fingerprint density at radius 2 is 2.04 bits per heavy atom. The minimum Gasteiger partial charge on any atom is -0.497 e. The molecule has 28 heavy (non-hydrogen) atoms. The Kier molecular flexibility index (Phi) is 6.71. The molecule has 0 saturated carbocycles. The number of hydrogen-bond acceptors (Lipinski definition) is 6. The Morgan fingerprint density at radius 1 is 1.25 bits per heavy atom. The fourth-order valence-electron chi connectivity index (χ4n) is 2.75. The second kappa shape index (κ2) is 9.41. The van der Waals surface area contributed by atoms with Gasteiger partial charge in [0, 0.05) is 31.1 Å². The third-order valence-corrected chi connectivity index (χ3v) is 5.28. The molecule has 0 atom stereocenters. The normalized spacial score (nSPS) is 10.7. The number of aromatic nitrogens is 2. The smallest absolute Gasteiger partial charge is 0.256 e. The van der Waals surface area contributed by atoms with Crippen molar-refractivity contribution < 1.29 is 14.1 Å². The van der Waals surface area contributed by atoms with Crippen LogP contribution in [0.15, 0.2) is 58.2 Å². The average Bonchev–Trinajstić information content (AvgIpc) is 3.15. The SMILES string of the molecule is CCN(Cc1ccc(OC)cc1)C(=O)c1cccnc1SCc1cc(C)on1. The highest BCUT2D eigenvalue weighted by Crippen LogP contribution is 2.25. The zero-order chi connectivity index (χ0) is 19.9. The molecule has 6 nitrogen and oxygen atoms in total. The Morgan fingerprint density at radius 3 is 2.68 bits per heavy atom. The molecule has 2 heterocycles. The highest BCUT2D eigenvalue weighted by molar-refractivity contribution is 7.98. The number of methoxy groups -OCH3 is 1. The molecular formula is C21H23N3O3S. The molecule has 1 amide bonds. The van der Waals surface area contributed by atoms with Crippen LogP contribution in [0.1, 0.15) is 34.3 Å². The topological polar surface area (TPSA) is 68.5 Å². The fraction of sp³-hybridized carbons (Fsp3) is 0.286. The number of nitrogens with zero attached hydrogens (tertiary/aromatic N) is 3. The van der Waals surface area contributed by atoms with Crippen molar-refractivity contribution in [3.63, 3.8) is 0 Å². The Hall–Kier alpha value is -2.80. The van der Waals surface area contributed by atoms with Gasteiger partial charge in [-0.2, -0.15) is 0 Å². The molecular weight excluding hydrogens is 374 g/mol. The maximum absolute atomic E-state index is 13.2. The molecule has 0 aliphatic rings. The first-order valence-corrected chi connectivity index (χ1v) is 10.0. The number of pyridine rings is 1. The van der Waals surface area contributed by atoms with Gasteiger partial charge in [-0.1, -0.05) is 29.1 Å². The van der Waals surface area contributed by atoms with Gasteiger partial charge in [0.1, 0.15) is 16.5 Å². The van der Waals surface area contributed by atoms with Gasteiger partial charge >= 0.3 is 0 Å². The summed E-state index contributed by atoms with van der Waals surface area (Å²) < 4.78 is 10.3. The van der Waals surface area contributed by atoms with Gasteiger partial charge in [0.2, 0.25) is 0 Å². The Labute approximate surface area is 168 Å². The number of hydrogen-bond donors (Lipinski definition) is 0. The van der Waals surface area contributed by atoms with E-state index in [0.29, 0.717) is 29.4 Å². The summed E-state index contributed by atoms with van der Waals surface area (Å²) in [6, 6.07) is 13.2.